The summed E-state index contributed by atoms with van der Waals surface area (Å²) in [5.41, 5.74) is 29.1. The lowest BCUT2D eigenvalue weighted by Gasteiger charge is -2.43. The highest BCUT2D eigenvalue weighted by Gasteiger charge is 2.48. The van der Waals surface area contributed by atoms with E-state index in [1.807, 2.05) is 0 Å². The van der Waals surface area contributed by atoms with Crippen LogP contribution in [0.4, 0.5) is 34.1 Å². The van der Waals surface area contributed by atoms with E-state index in [0.717, 1.165) is 112 Å². The maximum Gasteiger partial charge on any atom is 0.256 e. The van der Waals surface area contributed by atoms with Crippen molar-refractivity contribution in [1.29, 1.82) is 0 Å². The van der Waals surface area contributed by atoms with Crippen molar-refractivity contribution in [3.8, 4) is 67.5 Å². The van der Waals surface area contributed by atoms with Crippen LogP contribution < -0.4 is 52.1 Å². The molecule has 15 rings (SSSR count). The molecule has 0 saturated carbocycles. The van der Waals surface area contributed by atoms with E-state index in [9.17, 15) is 0 Å². The third kappa shape index (κ3) is 9.99. The first-order valence-electron chi connectivity index (χ1n) is 33.1. The van der Waals surface area contributed by atoms with E-state index in [0.29, 0.717) is 0 Å². The number of nitrogens with zero attached hydrogens (tertiary/aromatic N) is 2. The minimum atomic E-state index is -0.209. The van der Waals surface area contributed by atoms with E-state index >= 15 is 0 Å². The molecule has 0 saturated heterocycles. The summed E-state index contributed by atoms with van der Waals surface area (Å²) in [7, 11) is 0. The van der Waals surface area contributed by atoms with Gasteiger partial charge in [-0.15, -0.1) is 0 Å². The van der Waals surface area contributed by atoms with E-state index in [2.05, 4.69) is 338 Å². The number of hydrogen-bond donors (Lipinski definition) is 0. The van der Waals surface area contributed by atoms with Gasteiger partial charge >= 0.3 is 0 Å². The van der Waals surface area contributed by atoms with Crippen molar-refractivity contribution < 1.29 is 9.47 Å². The summed E-state index contributed by atoms with van der Waals surface area (Å²) in [6.45, 7) is 34.2. The highest BCUT2D eigenvalue weighted by Crippen LogP contribution is 2.52. The van der Waals surface area contributed by atoms with Crippen molar-refractivity contribution in [3.05, 3.63) is 252 Å². The van der Waals surface area contributed by atoms with E-state index in [4.69, 9.17) is 9.47 Å². The Labute approximate surface area is 547 Å². The molecule has 92 heavy (non-hydrogen) atoms. The standard InChI is InChI=1S/C86H82B2N2O2/c1-82(2,3)59-33-29-53(30-34-59)57-45-73-79-77(47-57)91-75-52-76-70(51-69(75)87(79)67-43-39-62(85(10,11)12)49-71(67)89(73)64-41-37-61(38-42-64)84(7,8)9)88-68-44-40-63(86(13,14)15)50-72(68)90(74-46-58(48-78(92-76)80(74)88)54-31-35-60(36-32-54)83(4,5)6)81-65(55-23-18-16-19-24-55)27-22-28-66(81)56-25-20-17-21-26-56/h16-52H,1-15H3. The van der Waals surface area contributed by atoms with Crippen molar-refractivity contribution in [2.24, 2.45) is 0 Å². The summed E-state index contributed by atoms with van der Waals surface area (Å²) in [6, 6.07) is 85.2. The van der Waals surface area contributed by atoms with Crippen molar-refractivity contribution in [3.63, 3.8) is 0 Å². The molecule has 11 aromatic carbocycles. The number of ether oxygens (including phenoxy) is 2. The largest absolute Gasteiger partial charge is 0.458 e. The Morgan fingerprint density at radius 2 is 0.630 bits per heavy atom. The van der Waals surface area contributed by atoms with E-state index in [1.54, 1.807) is 0 Å². The Morgan fingerprint density at radius 1 is 0.261 bits per heavy atom. The molecule has 0 aromatic heterocycles. The summed E-state index contributed by atoms with van der Waals surface area (Å²) in [6.07, 6.45) is 0. The van der Waals surface area contributed by atoms with Gasteiger partial charge in [-0.1, -0.05) is 274 Å². The van der Waals surface area contributed by atoms with E-state index in [1.165, 1.54) is 49.9 Å². The average molecular weight is 1200 g/mol. The Hall–Kier alpha value is -9.25. The fraction of sp³-hybridized carbons (Fsp3) is 0.233. The number of rotatable bonds is 6. The zero-order valence-electron chi connectivity index (χ0n) is 56.2. The van der Waals surface area contributed by atoms with Crippen molar-refractivity contribution in [2.45, 2.75) is 131 Å². The van der Waals surface area contributed by atoms with Gasteiger partial charge in [0.1, 0.15) is 23.0 Å². The van der Waals surface area contributed by atoms with Crippen molar-refractivity contribution >= 4 is 80.3 Å². The maximum atomic E-state index is 7.68. The number of benzene rings is 11. The molecule has 11 aromatic rings. The second-order valence-electron chi connectivity index (χ2n) is 31.4. The zero-order chi connectivity index (χ0) is 64.1. The molecule has 0 bridgehead atoms. The van der Waals surface area contributed by atoms with Gasteiger partial charge in [0, 0.05) is 45.6 Å². The predicted molar refractivity (Wildman–Crippen MR) is 393 cm³/mol. The van der Waals surface area contributed by atoms with Gasteiger partial charge in [0.25, 0.3) is 13.4 Å². The van der Waals surface area contributed by atoms with Crippen LogP contribution in [0.2, 0.25) is 0 Å². The van der Waals surface area contributed by atoms with Crippen molar-refractivity contribution in [2.75, 3.05) is 9.80 Å². The van der Waals surface area contributed by atoms with Gasteiger partial charge < -0.3 is 19.3 Å². The second kappa shape index (κ2) is 21.2. The SMILES string of the molecule is CC(C)(C)c1ccc(-c2cc3c4c(c2)N(c2ccc(C(C)(C)C)cc2)c2cc(C(C)(C)C)ccc2B4c2cc4c(cc2O3)Oc2cc(-c3ccc(C(C)(C)C)cc3)cc3c2B4c2ccc(C(C)(C)C)cc2N3c2c(-c3ccccc3)cccc2-c2ccccc2)cc1. The van der Waals surface area contributed by atoms with E-state index in [-0.39, 0.29) is 40.5 Å². The van der Waals surface area contributed by atoms with Gasteiger partial charge in [-0.05, 0) is 170 Å². The molecule has 454 valence electrons. The van der Waals surface area contributed by atoms with Gasteiger partial charge in [0.05, 0.1) is 5.69 Å². The van der Waals surface area contributed by atoms with Crippen LogP contribution in [0.5, 0.6) is 23.0 Å². The van der Waals surface area contributed by atoms with Crippen LogP contribution in [0.3, 0.4) is 0 Å². The highest BCUT2D eigenvalue weighted by atomic mass is 16.5. The first-order valence-corrected chi connectivity index (χ1v) is 33.1. The molecule has 0 amide bonds. The Kier molecular flexibility index (Phi) is 13.6. The molecule has 4 heterocycles. The summed E-state index contributed by atoms with van der Waals surface area (Å²) < 4.78 is 15.3. The molecule has 4 aliphatic rings. The van der Waals surface area contributed by atoms with Gasteiger partial charge in [-0.25, -0.2) is 0 Å². The molecule has 0 aliphatic carbocycles. The van der Waals surface area contributed by atoms with Gasteiger partial charge in [0.15, 0.2) is 0 Å². The molecule has 0 unspecified atom stereocenters. The summed E-state index contributed by atoms with van der Waals surface area (Å²) >= 11 is 0. The molecule has 4 nitrogen and oxygen atoms in total. The number of para-hydroxylation sites is 1. The third-order valence-corrected chi connectivity index (χ3v) is 20.0. The van der Waals surface area contributed by atoms with Gasteiger partial charge in [-0.3, -0.25) is 0 Å². The molecule has 4 aliphatic heterocycles. The molecule has 6 heteroatoms. The summed E-state index contributed by atoms with van der Waals surface area (Å²) in [5, 5.41) is 0. The highest BCUT2D eigenvalue weighted by molar-refractivity contribution is 7.02. The summed E-state index contributed by atoms with van der Waals surface area (Å²) in [4.78, 5) is 5.14. The smallest absolute Gasteiger partial charge is 0.256 e. The Bertz CT molecular complexity index is 4690. The monoisotopic (exact) mass is 1200 g/mol. The second-order valence-corrected chi connectivity index (χ2v) is 31.4. The minimum absolute atomic E-state index is 0.00391. The van der Waals surface area contributed by atoms with Crippen LogP contribution in [-0.4, -0.2) is 13.4 Å². The minimum Gasteiger partial charge on any atom is -0.458 e. The lowest BCUT2D eigenvalue weighted by atomic mass is 9.31. The predicted octanol–water partition coefficient (Wildman–Crippen LogP) is 19.7. The van der Waals surface area contributed by atoms with E-state index < -0.39 is 0 Å². The van der Waals surface area contributed by atoms with Gasteiger partial charge in [0.2, 0.25) is 0 Å². The van der Waals surface area contributed by atoms with Crippen LogP contribution in [0, 0.1) is 0 Å². The molecular formula is C86H82B2N2O2. The van der Waals surface area contributed by atoms with Crippen LogP contribution in [0.1, 0.15) is 132 Å². The molecular weight excluding hydrogens is 1110 g/mol. The van der Waals surface area contributed by atoms with Crippen LogP contribution >= 0.6 is 0 Å². The average Bonchev–Trinajstić information content (AvgIpc) is 0.698. The fourth-order valence-corrected chi connectivity index (χ4v) is 14.7. The summed E-state index contributed by atoms with van der Waals surface area (Å²) in [5.74, 6) is 3.31. The first kappa shape index (κ1) is 59.1. The molecule has 0 fully saturated rings. The third-order valence-electron chi connectivity index (χ3n) is 20.0. The first-order chi connectivity index (χ1) is 43.8. The van der Waals surface area contributed by atoms with Crippen molar-refractivity contribution in [1.82, 2.24) is 0 Å². The maximum absolute atomic E-state index is 7.68. The molecule has 0 N–H and O–H groups in total. The number of anilines is 6. The molecule has 0 spiro atoms. The number of hydrogen-bond acceptors (Lipinski definition) is 4. The zero-order valence-corrected chi connectivity index (χ0v) is 56.2. The molecule has 0 atom stereocenters. The number of fused-ring (bicyclic) bond motifs is 8. The Morgan fingerprint density at radius 3 is 1.03 bits per heavy atom. The molecule has 0 radical (unpaired) electrons. The van der Waals surface area contributed by atoms with Crippen LogP contribution in [-0.2, 0) is 27.1 Å². The van der Waals surface area contributed by atoms with Crippen LogP contribution in [0.25, 0.3) is 44.5 Å². The quantitative estimate of drug-likeness (QED) is 0.155. The van der Waals surface area contributed by atoms with Crippen LogP contribution in [0.15, 0.2) is 224 Å². The lowest BCUT2D eigenvalue weighted by molar-refractivity contribution is 0.466. The Balaban J connectivity index is 1.00. The topological polar surface area (TPSA) is 24.9 Å². The lowest BCUT2D eigenvalue weighted by Crippen LogP contribution is -2.63. The normalized spacial score (nSPS) is 13.9. The van der Waals surface area contributed by atoms with Gasteiger partial charge in [-0.2, -0.15) is 0 Å². The fourth-order valence-electron chi connectivity index (χ4n) is 14.7.